The highest BCUT2D eigenvalue weighted by Gasteiger charge is 2.70. The Morgan fingerprint density at radius 1 is 0.980 bits per heavy atom. The summed E-state index contributed by atoms with van der Waals surface area (Å²) in [4.78, 5) is 69.4. The minimum atomic E-state index is -3.56. The number of hydrogen-bond donors (Lipinski definition) is 4. The van der Waals surface area contributed by atoms with Gasteiger partial charge in [-0.05, 0) is 62.7 Å². The van der Waals surface area contributed by atoms with Crippen LogP contribution in [0.1, 0.15) is 114 Å². The summed E-state index contributed by atoms with van der Waals surface area (Å²) in [5.41, 5.74) is -1.94. The van der Waals surface area contributed by atoms with Crippen LogP contribution in [0.25, 0.3) is 0 Å². The van der Waals surface area contributed by atoms with Gasteiger partial charge in [-0.2, -0.15) is 0 Å². The molecule has 1 heterocycles. The van der Waals surface area contributed by atoms with Gasteiger partial charge in [0, 0.05) is 13.1 Å². The number of nitrogens with one attached hydrogen (secondary N) is 4. The smallest absolute Gasteiger partial charge is 0.315 e. The number of fused-ring (bicyclic) bond motifs is 1. The topological polar surface area (TPSA) is 171 Å². The molecule has 0 aromatic carbocycles. The average molecular weight is 708 g/mol. The first-order chi connectivity index (χ1) is 22.5. The maximum Gasteiger partial charge on any atom is 0.315 e. The van der Waals surface area contributed by atoms with Crippen LogP contribution in [0.15, 0.2) is 12.7 Å². The highest BCUT2D eigenvalue weighted by molar-refractivity contribution is 7.92. The molecule has 0 bridgehead atoms. The minimum Gasteiger partial charge on any atom is -0.346 e. The van der Waals surface area contributed by atoms with Crippen LogP contribution in [-0.4, -0.2) is 90.1 Å². The van der Waals surface area contributed by atoms with Crippen molar-refractivity contribution in [2.24, 2.45) is 22.7 Å². The van der Waals surface area contributed by atoms with E-state index in [2.05, 4.69) is 41.7 Å². The largest absolute Gasteiger partial charge is 0.346 e. The molecule has 12 nitrogen and oxygen atoms in total. The molecular formula is C36H61N5O7S. The lowest BCUT2D eigenvalue weighted by atomic mass is 9.83. The molecule has 278 valence electrons. The molecule has 0 aromatic heterocycles. The molecule has 5 amide bonds. The first kappa shape index (κ1) is 40.5. The van der Waals surface area contributed by atoms with E-state index in [4.69, 9.17) is 0 Å². The van der Waals surface area contributed by atoms with Crippen molar-refractivity contribution in [3.8, 4) is 0 Å². The molecule has 2 aliphatic carbocycles. The average Bonchev–Trinajstić information content (AvgIpc) is 3.30. The summed E-state index contributed by atoms with van der Waals surface area (Å²) in [6, 6.07) is -3.60. The van der Waals surface area contributed by atoms with Crippen LogP contribution in [0, 0.1) is 22.7 Å². The zero-order valence-corrected chi connectivity index (χ0v) is 32.0. The van der Waals surface area contributed by atoms with Crippen molar-refractivity contribution in [3.63, 3.8) is 0 Å². The van der Waals surface area contributed by atoms with E-state index in [1.807, 2.05) is 27.7 Å². The van der Waals surface area contributed by atoms with Crippen molar-refractivity contribution < 1.29 is 32.4 Å². The molecule has 3 rings (SSSR count). The number of urea groups is 1. The highest BCUT2D eigenvalue weighted by atomic mass is 32.2. The van der Waals surface area contributed by atoms with E-state index in [0.29, 0.717) is 25.8 Å². The first-order valence-electron chi connectivity index (χ1n) is 17.9. The van der Waals surface area contributed by atoms with Gasteiger partial charge in [0.1, 0.15) is 12.1 Å². The number of sulfone groups is 1. The molecule has 1 aliphatic heterocycles. The second kappa shape index (κ2) is 15.1. The van der Waals surface area contributed by atoms with Crippen molar-refractivity contribution in [2.45, 2.75) is 142 Å². The van der Waals surface area contributed by atoms with E-state index >= 15 is 0 Å². The molecule has 0 spiro atoms. The van der Waals surface area contributed by atoms with Gasteiger partial charge >= 0.3 is 6.03 Å². The van der Waals surface area contributed by atoms with E-state index in [9.17, 15) is 32.4 Å². The molecule has 5 atom stereocenters. The molecule has 3 fully saturated rings. The van der Waals surface area contributed by atoms with Crippen LogP contribution in [0.5, 0.6) is 0 Å². The van der Waals surface area contributed by atoms with Crippen LogP contribution in [-0.2, 0) is 29.0 Å². The Labute approximate surface area is 293 Å². The Balaban J connectivity index is 1.86. The summed E-state index contributed by atoms with van der Waals surface area (Å²) < 4.78 is 25.6. The molecule has 3 aliphatic rings. The number of Topliss-reactive ketones (excluding diaryl/α,β-unsaturated/α-hetero) is 1. The Bertz CT molecular complexity index is 1390. The third kappa shape index (κ3) is 9.24. The number of likely N-dealkylation sites (tertiary alicyclic amines) is 1. The third-order valence-corrected chi connectivity index (χ3v) is 13.6. The fraction of sp³-hybridized carbons (Fsp3) is 0.806. The Hall–Kier alpha value is -2.96. The fourth-order valence-corrected chi connectivity index (χ4v) is 9.02. The van der Waals surface area contributed by atoms with Gasteiger partial charge in [-0.1, -0.05) is 79.7 Å². The van der Waals surface area contributed by atoms with Crippen LogP contribution in [0.2, 0.25) is 0 Å². The molecule has 0 radical (unpaired) electrons. The summed E-state index contributed by atoms with van der Waals surface area (Å²) in [6.07, 6.45) is 6.64. The predicted molar refractivity (Wildman–Crippen MR) is 190 cm³/mol. The number of amides is 5. The number of rotatable bonds is 14. The first-order valence-corrected chi connectivity index (χ1v) is 19.5. The van der Waals surface area contributed by atoms with Gasteiger partial charge in [-0.25, -0.2) is 13.2 Å². The summed E-state index contributed by atoms with van der Waals surface area (Å²) in [6.45, 7) is 20.5. The maximum atomic E-state index is 14.4. The van der Waals surface area contributed by atoms with Gasteiger partial charge in [0.05, 0.1) is 22.1 Å². The van der Waals surface area contributed by atoms with E-state index in [1.165, 1.54) is 11.0 Å². The molecular weight excluding hydrogens is 646 g/mol. The van der Waals surface area contributed by atoms with Crippen LogP contribution in [0.3, 0.4) is 0 Å². The van der Waals surface area contributed by atoms with E-state index in [-0.39, 0.29) is 36.0 Å². The van der Waals surface area contributed by atoms with Gasteiger partial charge < -0.3 is 26.2 Å². The normalized spacial score (nSPS) is 24.1. The second-order valence-corrected chi connectivity index (χ2v) is 19.8. The van der Waals surface area contributed by atoms with Gasteiger partial charge in [0.25, 0.3) is 5.91 Å². The summed E-state index contributed by atoms with van der Waals surface area (Å²) in [5.74, 6) is -2.78. The number of unbranched alkanes of at least 4 members (excludes halogenated alkanes) is 1. The number of ketones is 1. The monoisotopic (exact) mass is 707 g/mol. The second-order valence-electron chi connectivity index (χ2n) is 17.1. The Kier molecular flexibility index (Phi) is 12.5. The van der Waals surface area contributed by atoms with Crippen molar-refractivity contribution in [1.29, 1.82) is 0 Å². The van der Waals surface area contributed by atoms with Crippen molar-refractivity contribution in [2.75, 3.05) is 18.8 Å². The van der Waals surface area contributed by atoms with Crippen molar-refractivity contribution in [3.05, 3.63) is 12.7 Å². The molecule has 13 heteroatoms. The van der Waals surface area contributed by atoms with Crippen LogP contribution < -0.4 is 21.3 Å². The molecule has 1 unspecified atom stereocenters. The maximum absolute atomic E-state index is 14.4. The molecule has 49 heavy (non-hydrogen) atoms. The van der Waals surface area contributed by atoms with Gasteiger partial charge in [-0.3, -0.25) is 19.2 Å². The van der Waals surface area contributed by atoms with Gasteiger partial charge in [0.15, 0.2) is 9.84 Å². The van der Waals surface area contributed by atoms with Gasteiger partial charge in [-0.15, -0.1) is 6.58 Å². The summed E-state index contributed by atoms with van der Waals surface area (Å²) in [7, 11) is -3.56. The molecule has 4 N–H and O–H groups in total. The SMILES string of the molecule is C=CCNC(=O)C(=O)[C@H](CCCC)NC(=O)[C@@H]1[C@@H]2C(CN1C(=O)[C@@H](NC(=O)NC1(CS(=O)(=O)C(C)(C)C)CCCCC1)C(C)(C)C)C2(C)C. The standard InChI is InChI=1S/C36H61N5O7S/c1-11-13-17-24(27(42)30(44)37-20-12-2)38-29(43)26-25-23(35(25,9)10)21-41(26)31(45)28(33(3,4)5)39-32(46)40-36(18-15-14-16-19-36)22-49(47,48)34(6,7)8/h12,23-26,28H,2,11,13-22H2,1,3-10H3,(H,37,44)(H,38,43)(H2,39,40,46)/t23?,24-,25-,26-,28+/m0/s1. The molecule has 0 aromatic rings. The minimum absolute atomic E-state index is 0.0513. The zero-order chi connectivity index (χ0) is 37.2. The quantitative estimate of drug-likeness (QED) is 0.158. The van der Waals surface area contributed by atoms with E-state index in [1.54, 1.807) is 20.8 Å². The van der Waals surface area contributed by atoms with Crippen molar-refractivity contribution in [1.82, 2.24) is 26.2 Å². The Morgan fingerprint density at radius 2 is 1.59 bits per heavy atom. The number of nitrogens with zero attached hydrogens (tertiary/aromatic N) is 1. The lowest BCUT2D eigenvalue weighted by molar-refractivity contribution is -0.145. The number of piperidine rings is 1. The zero-order valence-electron chi connectivity index (χ0n) is 31.2. The lowest BCUT2D eigenvalue weighted by Crippen LogP contribution is -2.64. The van der Waals surface area contributed by atoms with Crippen LogP contribution in [0.4, 0.5) is 4.79 Å². The van der Waals surface area contributed by atoms with Crippen molar-refractivity contribution >= 4 is 39.4 Å². The van der Waals surface area contributed by atoms with Gasteiger partial charge in [0.2, 0.25) is 17.6 Å². The lowest BCUT2D eigenvalue weighted by Gasteiger charge is -2.41. The number of hydrogen-bond acceptors (Lipinski definition) is 7. The summed E-state index contributed by atoms with van der Waals surface area (Å²) in [5, 5.41) is 11.2. The summed E-state index contributed by atoms with van der Waals surface area (Å²) >= 11 is 0. The highest BCUT2D eigenvalue weighted by Crippen LogP contribution is 2.65. The van der Waals surface area contributed by atoms with E-state index in [0.717, 1.165) is 25.7 Å². The van der Waals surface area contributed by atoms with Crippen LogP contribution >= 0.6 is 0 Å². The number of carbonyl (C=O) groups excluding carboxylic acids is 5. The third-order valence-electron chi connectivity index (χ3n) is 10.8. The molecule has 1 saturated heterocycles. The Morgan fingerprint density at radius 3 is 2.12 bits per heavy atom. The fourth-order valence-electron chi connectivity index (χ4n) is 7.49. The number of carbonyl (C=O) groups is 5. The predicted octanol–water partition coefficient (Wildman–Crippen LogP) is 3.65. The van der Waals surface area contributed by atoms with E-state index < -0.39 is 73.2 Å². The molecule has 2 saturated carbocycles.